The number of nitriles is 1. The van der Waals surface area contributed by atoms with Crippen molar-refractivity contribution in [2.24, 2.45) is 0 Å². The topological polar surface area (TPSA) is 67.9 Å². The monoisotopic (exact) mass is 401 g/mol. The molecule has 3 aromatic carbocycles. The van der Waals surface area contributed by atoms with Crippen LogP contribution >= 0.6 is 11.8 Å². The van der Waals surface area contributed by atoms with Gasteiger partial charge in [0.05, 0.1) is 35.5 Å². The minimum atomic E-state index is -0.809. The van der Waals surface area contributed by atoms with Gasteiger partial charge in [-0.15, -0.1) is 0 Å². The van der Waals surface area contributed by atoms with E-state index in [1.807, 2.05) is 79.1 Å². The Morgan fingerprint density at radius 3 is 2.48 bits per heavy atom. The maximum absolute atomic E-state index is 12.3. The Balaban J connectivity index is 2.01. The Morgan fingerprint density at radius 2 is 1.76 bits per heavy atom. The first kappa shape index (κ1) is 19.0. The molecule has 0 saturated heterocycles. The number of esters is 1. The van der Waals surface area contributed by atoms with Crippen LogP contribution in [0.15, 0.2) is 65.8 Å². The highest BCUT2D eigenvalue weighted by molar-refractivity contribution is 8.01. The molecular formula is C23H19N3O2S. The van der Waals surface area contributed by atoms with E-state index >= 15 is 0 Å². The van der Waals surface area contributed by atoms with Gasteiger partial charge in [0, 0.05) is 10.8 Å². The Morgan fingerprint density at radius 1 is 1.07 bits per heavy atom. The van der Waals surface area contributed by atoms with Crippen molar-refractivity contribution in [1.29, 1.82) is 5.26 Å². The zero-order valence-electron chi connectivity index (χ0n) is 16.3. The van der Waals surface area contributed by atoms with Crippen LogP contribution < -0.4 is 0 Å². The van der Waals surface area contributed by atoms with Crippen molar-refractivity contribution in [3.05, 3.63) is 66.2 Å². The molecule has 0 fully saturated rings. The molecule has 0 unspecified atom stereocenters. The Labute approximate surface area is 172 Å². The van der Waals surface area contributed by atoms with Crippen LogP contribution in [0.4, 0.5) is 0 Å². The van der Waals surface area contributed by atoms with Gasteiger partial charge in [-0.05, 0) is 38.1 Å². The fourth-order valence-electron chi connectivity index (χ4n) is 3.40. The Bertz CT molecular complexity index is 1280. The van der Waals surface area contributed by atoms with E-state index in [1.54, 1.807) is 0 Å². The number of carbonyl (C=O) groups excluding carboxylic acids is 1. The van der Waals surface area contributed by atoms with E-state index in [4.69, 9.17) is 9.72 Å². The van der Waals surface area contributed by atoms with Gasteiger partial charge < -0.3 is 4.74 Å². The minimum Gasteiger partial charge on any atom is -0.468 e. The molecule has 1 aromatic heterocycles. The van der Waals surface area contributed by atoms with Gasteiger partial charge in [0.25, 0.3) is 0 Å². The second kappa shape index (κ2) is 7.26. The summed E-state index contributed by atoms with van der Waals surface area (Å²) in [6, 6.07) is 21.7. The fourth-order valence-corrected chi connectivity index (χ4v) is 4.45. The van der Waals surface area contributed by atoms with Crippen LogP contribution in [0.2, 0.25) is 0 Å². The van der Waals surface area contributed by atoms with Crippen molar-refractivity contribution in [3.8, 4) is 11.8 Å². The van der Waals surface area contributed by atoms with Crippen molar-refractivity contribution in [2.75, 3.05) is 7.11 Å². The van der Waals surface area contributed by atoms with E-state index in [-0.39, 0.29) is 5.97 Å². The lowest BCUT2D eigenvalue weighted by molar-refractivity contribution is -0.142. The SMILES string of the molecule is COC(=O)C(C)(C)Sc1nc2ccccc2n1-c1ccc(C#N)c2ccccc12. The average Bonchev–Trinajstić information content (AvgIpc) is 3.09. The molecule has 0 radical (unpaired) electrons. The van der Waals surface area contributed by atoms with Gasteiger partial charge >= 0.3 is 5.97 Å². The number of fused-ring (bicyclic) bond motifs is 2. The number of nitrogens with zero attached hydrogens (tertiary/aromatic N) is 3. The molecule has 0 atom stereocenters. The van der Waals surface area contributed by atoms with Crippen molar-refractivity contribution in [2.45, 2.75) is 23.8 Å². The number of ether oxygens (including phenoxy) is 1. The first-order valence-electron chi connectivity index (χ1n) is 9.13. The molecule has 0 aliphatic heterocycles. The van der Waals surface area contributed by atoms with Gasteiger partial charge in [0.2, 0.25) is 0 Å². The summed E-state index contributed by atoms with van der Waals surface area (Å²) >= 11 is 1.36. The maximum atomic E-state index is 12.3. The number of imidazole rings is 1. The molecule has 5 nitrogen and oxygen atoms in total. The van der Waals surface area contributed by atoms with Crippen LogP contribution in [0, 0.1) is 11.3 Å². The van der Waals surface area contributed by atoms with E-state index in [9.17, 15) is 10.1 Å². The highest BCUT2D eigenvalue weighted by Crippen LogP contribution is 2.38. The predicted molar refractivity (Wildman–Crippen MR) is 115 cm³/mol. The highest BCUT2D eigenvalue weighted by atomic mass is 32.2. The summed E-state index contributed by atoms with van der Waals surface area (Å²) in [5.41, 5.74) is 3.31. The highest BCUT2D eigenvalue weighted by Gasteiger charge is 2.33. The quantitative estimate of drug-likeness (QED) is 0.352. The van der Waals surface area contributed by atoms with E-state index < -0.39 is 4.75 Å². The molecule has 0 bridgehead atoms. The number of thioether (sulfide) groups is 1. The van der Waals surface area contributed by atoms with Crippen LogP contribution in [0.1, 0.15) is 19.4 Å². The van der Waals surface area contributed by atoms with Gasteiger partial charge in [-0.1, -0.05) is 48.2 Å². The third-order valence-corrected chi connectivity index (χ3v) is 5.95. The number of carbonyl (C=O) groups is 1. The Hall–Kier alpha value is -3.30. The number of para-hydroxylation sites is 2. The van der Waals surface area contributed by atoms with Crippen LogP contribution in [0.3, 0.4) is 0 Å². The molecule has 0 amide bonds. The number of hydrogen-bond acceptors (Lipinski definition) is 5. The lowest BCUT2D eigenvalue weighted by Crippen LogP contribution is -2.29. The molecule has 4 rings (SSSR count). The summed E-state index contributed by atoms with van der Waals surface area (Å²) in [7, 11) is 1.39. The standard InChI is InChI=1S/C23H19N3O2S/c1-23(2,21(27)28-3)29-22-25-18-10-6-7-11-20(18)26(22)19-13-12-15(14-24)16-8-4-5-9-17(16)19/h4-13H,1-3H3. The summed E-state index contributed by atoms with van der Waals surface area (Å²) in [5.74, 6) is -0.314. The van der Waals surface area contributed by atoms with Gasteiger partial charge in [0.15, 0.2) is 5.16 Å². The third-order valence-electron chi connectivity index (χ3n) is 4.82. The summed E-state index contributed by atoms with van der Waals surface area (Å²) in [6.07, 6.45) is 0. The first-order valence-corrected chi connectivity index (χ1v) is 9.95. The molecule has 0 aliphatic rings. The van der Waals surface area contributed by atoms with Crippen molar-refractivity contribution >= 4 is 39.5 Å². The van der Waals surface area contributed by atoms with E-state index in [0.717, 1.165) is 27.5 Å². The van der Waals surface area contributed by atoms with Gasteiger partial charge in [0.1, 0.15) is 4.75 Å². The van der Waals surface area contributed by atoms with E-state index in [0.29, 0.717) is 10.7 Å². The van der Waals surface area contributed by atoms with Crippen LogP contribution in [-0.2, 0) is 9.53 Å². The summed E-state index contributed by atoms with van der Waals surface area (Å²) in [4.78, 5) is 17.1. The summed E-state index contributed by atoms with van der Waals surface area (Å²) < 4.78 is 6.22. The molecule has 4 aromatic rings. The first-order chi connectivity index (χ1) is 14.0. The van der Waals surface area contributed by atoms with Crippen LogP contribution in [-0.4, -0.2) is 27.4 Å². The number of rotatable bonds is 4. The van der Waals surface area contributed by atoms with Gasteiger partial charge in [-0.25, -0.2) is 4.98 Å². The van der Waals surface area contributed by atoms with Gasteiger partial charge in [-0.2, -0.15) is 5.26 Å². The van der Waals surface area contributed by atoms with Crippen molar-refractivity contribution in [1.82, 2.24) is 9.55 Å². The maximum Gasteiger partial charge on any atom is 0.321 e. The molecule has 1 heterocycles. The molecular weight excluding hydrogens is 382 g/mol. The van der Waals surface area contributed by atoms with E-state index in [1.165, 1.54) is 18.9 Å². The molecule has 0 N–H and O–H groups in total. The molecule has 0 spiro atoms. The fraction of sp³-hybridized carbons (Fsp3) is 0.174. The second-order valence-electron chi connectivity index (χ2n) is 7.11. The lowest BCUT2D eigenvalue weighted by Gasteiger charge is -2.21. The normalized spacial score (nSPS) is 11.5. The zero-order chi connectivity index (χ0) is 20.6. The second-order valence-corrected chi connectivity index (χ2v) is 8.70. The van der Waals surface area contributed by atoms with Crippen LogP contribution in [0.25, 0.3) is 27.5 Å². The molecule has 0 aliphatic carbocycles. The molecule has 0 saturated carbocycles. The molecule has 29 heavy (non-hydrogen) atoms. The zero-order valence-corrected chi connectivity index (χ0v) is 17.2. The number of aromatic nitrogens is 2. The predicted octanol–water partition coefficient (Wildman–Crippen LogP) is 5.09. The average molecular weight is 401 g/mol. The smallest absolute Gasteiger partial charge is 0.321 e. The molecule has 144 valence electrons. The number of benzene rings is 3. The summed E-state index contributed by atoms with van der Waals surface area (Å²) in [5, 5.41) is 12.0. The molecule has 6 heteroatoms. The van der Waals surface area contributed by atoms with Gasteiger partial charge in [-0.3, -0.25) is 9.36 Å². The minimum absolute atomic E-state index is 0.314. The largest absolute Gasteiger partial charge is 0.468 e. The lowest BCUT2D eigenvalue weighted by atomic mass is 10.0. The van der Waals surface area contributed by atoms with E-state index in [2.05, 4.69) is 6.07 Å². The van der Waals surface area contributed by atoms with Crippen LogP contribution in [0.5, 0.6) is 0 Å². The number of hydrogen-bond donors (Lipinski definition) is 0. The number of methoxy groups -OCH3 is 1. The van der Waals surface area contributed by atoms with Crippen molar-refractivity contribution in [3.63, 3.8) is 0 Å². The van der Waals surface area contributed by atoms with Crippen molar-refractivity contribution < 1.29 is 9.53 Å². The Kier molecular flexibility index (Phi) is 4.77. The third kappa shape index (κ3) is 3.24. The summed E-state index contributed by atoms with van der Waals surface area (Å²) in [6.45, 7) is 3.65.